The van der Waals surface area contributed by atoms with E-state index in [-0.39, 0.29) is 5.75 Å². The van der Waals surface area contributed by atoms with E-state index < -0.39 is 10.0 Å². The van der Waals surface area contributed by atoms with Crippen molar-refractivity contribution in [2.45, 2.75) is 37.8 Å². The highest BCUT2D eigenvalue weighted by molar-refractivity contribution is 7.99. The molecule has 0 amide bonds. The van der Waals surface area contributed by atoms with Crippen molar-refractivity contribution in [2.75, 3.05) is 36.5 Å². The largest absolute Gasteiger partial charge is 0.341 e. The Hall–Kier alpha value is -1.58. The van der Waals surface area contributed by atoms with Crippen molar-refractivity contribution >= 4 is 27.7 Å². The van der Waals surface area contributed by atoms with E-state index in [0.717, 1.165) is 29.9 Å². The van der Waals surface area contributed by atoms with Crippen molar-refractivity contribution in [3.05, 3.63) is 29.8 Å². The number of aromatic nitrogens is 3. The number of piperidine rings is 1. The Balaban J connectivity index is 1.80. The standard InChI is InChI=1S/C18H27N5O2S2/c1-15-7-9-16(10-8-15)23-17(22-11-4-3-5-12-22)20-21-18(23)26-13-6-14-27(24,25)19-2/h7-10,19H,3-6,11-14H2,1-2H3. The second-order valence-electron chi connectivity index (χ2n) is 6.73. The van der Waals surface area contributed by atoms with Crippen LogP contribution in [-0.4, -0.2) is 54.8 Å². The molecule has 9 heteroatoms. The Kier molecular flexibility index (Phi) is 6.78. The molecule has 3 rings (SSSR count). The van der Waals surface area contributed by atoms with E-state index in [9.17, 15) is 8.42 Å². The normalized spacial score (nSPS) is 15.3. The highest BCUT2D eigenvalue weighted by Crippen LogP contribution is 2.28. The van der Waals surface area contributed by atoms with Gasteiger partial charge in [0.2, 0.25) is 16.0 Å². The Morgan fingerprint density at radius 1 is 1.11 bits per heavy atom. The number of benzene rings is 1. The van der Waals surface area contributed by atoms with Crippen LogP contribution in [0.15, 0.2) is 29.4 Å². The quantitative estimate of drug-likeness (QED) is 0.533. The first kappa shape index (κ1) is 20.2. The Bertz CT molecular complexity index is 843. The van der Waals surface area contributed by atoms with E-state index in [1.807, 2.05) is 0 Å². The van der Waals surface area contributed by atoms with Gasteiger partial charge in [0.15, 0.2) is 5.16 Å². The zero-order valence-electron chi connectivity index (χ0n) is 15.9. The molecule has 1 N–H and O–H groups in total. The van der Waals surface area contributed by atoms with Gasteiger partial charge in [-0.25, -0.2) is 13.1 Å². The van der Waals surface area contributed by atoms with Crippen LogP contribution in [0.2, 0.25) is 0 Å². The molecule has 0 unspecified atom stereocenters. The summed E-state index contributed by atoms with van der Waals surface area (Å²) >= 11 is 1.55. The maximum atomic E-state index is 11.6. The summed E-state index contributed by atoms with van der Waals surface area (Å²) in [4.78, 5) is 2.30. The molecule has 0 atom stereocenters. The van der Waals surface area contributed by atoms with Crippen LogP contribution in [0, 0.1) is 6.92 Å². The summed E-state index contributed by atoms with van der Waals surface area (Å²) in [5.74, 6) is 1.67. The van der Waals surface area contributed by atoms with Crippen molar-refractivity contribution < 1.29 is 8.42 Å². The molecule has 2 heterocycles. The number of hydrogen-bond donors (Lipinski definition) is 1. The van der Waals surface area contributed by atoms with Crippen LogP contribution >= 0.6 is 11.8 Å². The molecule has 7 nitrogen and oxygen atoms in total. The van der Waals surface area contributed by atoms with Crippen LogP contribution in [0.1, 0.15) is 31.2 Å². The van der Waals surface area contributed by atoms with Crippen molar-refractivity contribution in [2.24, 2.45) is 0 Å². The van der Waals surface area contributed by atoms with Crippen molar-refractivity contribution in [3.8, 4) is 5.69 Å². The SMILES string of the molecule is CNS(=O)(=O)CCCSc1nnc(N2CCCCC2)n1-c1ccc(C)cc1. The van der Waals surface area contributed by atoms with Crippen LogP contribution in [0.25, 0.3) is 5.69 Å². The van der Waals surface area contributed by atoms with Gasteiger partial charge in [-0.15, -0.1) is 10.2 Å². The predicted molar refractivity (Wildman–Crippen MR) is 110 cm³/mol. The summed E-state index contributed by atoms with van der Waals surface area (Å²) in [5.41, 5.74) is 2.24. The van der Waals surface area contributed by atoms with Gasteiger partial charge in [-0.1, -0.05) is 29.5 Å². The first-order chi connectivity index (χ1) is 13.0. The highest BCUT2D eigenvalue weighted by atomic mass is 32.2. The first-order valence-corrected chi connectivity index (χ1v) is 12.0. The van der Waals surface area contributed by atoms with Crippen molar-refractivity contribution in [3.63, 3.8) is 0 Å². The Labute approximate surface area is 165 Å². The van der Waals surface area contributed by atoms with Gasteiger partial charge in [-0.05, 0) is 51.8 Å². The average Bonchev–Trinajstić information content (AvgIpc) is 3.10. The van der Waals surface area contributed by atoms with Gasteiger partial charge in [0.05, 0.1) is 11.4 Å². The van der Waals surface area contributed by atoms with Gasteiger partial charge in [0.1, 0.15) is 0 Å². The fraction of sp³-hybridized carbons (Fsp3) is 0.556. The van der Waals surface area contributed by atoms with Gasteiger partial charge in [0.25, 0.3) is 0 Å². The van der Waals surface area contributed by atoms with Gasteiger partial charge >= 0.3 is 0 Å². The zero-order chi connectivity index (χ0) is 19.3. The second kappa shape index (κ2) is 9.07. The van der Waals surface area contributed by atoms with Gasteiger partial charge in [-0.3, -0.25) is 4.57 Å². The van der Waals surface area contributed by atoms with E-state index >= 15 is 0 Å². The number of anilines is 1. The molecule has 1 saturated heterocycles. The molecule has 0 bridgehead atoms. The maximum Gasteiger partial charge on any atom is 0.232 e. The minimum Gasteiger partial charge on any atom is -0.341 e. The molecule has 0 saturated carbocycles. The molecule has 0 spiro atoms. The fourth-order valence-electron chi connectivity index (χ4n) is 3.09. The second-order valence-corrected chi connectivity index (χ2v) is 9.83. The zero-order valence-corrected chi connectivity index (χ0v) is 17.5. The Morgan fingerprint density at radius 2 is 1.81 bits per heavy atom. The highest BCUT2D eigenvalue weighted by Gasteiger charge is 2.21. The summed E-state index contributed by atoms with van der Waals surface area (Å²) in [5, 5.41) is 9.69. The molecule has 1 aromatic heterocycles. The molecule has 148 valence electrons. The number of aryl methyl sites for hydroxylation is 1. The number of nitrogens with zero attached hydrogens (tertiary/aromatic N) is 4. The van der Waals surface area contributed by atoms with E-state index in [2.05, 4.69) is 55.6 Å². The van der Waals surface area contributed by atoms with Crippen LogP contribution in [0.3, 0.4) is 0 Å². The van der Waals surface area contributed by atoms with Gasteiger partial charge < -0.3 is 4.90 Å². The summed E-state index contributed by atoms with van der Waals surface area (Å²) in [6.07, 6.45) is 4.17. The van der Waals surface area contributed by atoms with Gasteiger partial charge in [0, 0.05) is 18.8 Å². The van der Waals surface area contributed by atoms with Crippen LogP contribution in [0.4, 0.5) is 5.95 Å². The minimum atomic E-state index is -3.17. The minimum absolute atomic E-state index is 0.119. The lowest BCUT2D eigenvalue weighted by atomic mass is 10.1. The molecule has 1 aromatic carbocycles. The lowest BCUT2D eigenvalue weighted by Crippen LogP contribution is -2.31. The Morgan fingerprint density at radius 3 is 2.48 bits per heavy atom. The predicted octanol–water partition coefficient (Wildman–Crippen LogP) is 2.60. The van der Waals surface area contributed by atoms with Crippen molar-refractivity contribution in [1.29, 1.82) is 0 Å². The third kappa shape index (κ3) is 5.24. The van der Waals surface area contributed by atoms with Crippen LogP contribution in [-0.2, 0) is 10.0 Å². The third-order valence-corrected chi connectivity index (χ3v) is 7.11. The summed E-state index contributed by atoms with van der Waals surface area (Å²) in [6.45, 7) is 4.06. The average molecular weight is 410 g/mol. The lowest BCUT2D eigenvalue weighted by molar-refractivity contribution is 0.564. The molecule has 2 aromatic rings. The molecule has 0 aliphatic carbocycles. The van der Waals surface area contributed by atoms with E-state index in [0.29, 0.717) is 12.2 Å². The molecule has 1 aliphatic rings. The molecular weight excluding hydrogens is 382 g/mol. The number of rotatable bonds is 8. The summed E-state index contributed by atoms with van der Waals surface area (Å²) in [6, 6.07) is 8.34. The lowest BCUT2D eigenvalue weighted by Gasteiger charge is -2.27. The third-order valence-electron chi connectivity index (χ3n) is 4.65. The van der Waals surface area contributed by atoms with E-state index in [4.69, 9.17) is 0 Å². The van der Waals surface area contributed by atoms with Crippen LogP contribution in [0.5, 0.6) is 0 Å². The number of sulfonamides is 1. The van der Waals surface area contributed by atoms with Crippen LogP contribution < -0.4 is 9.62 Å². The molecule has 1 aliphatic heterocycles. The monoisotopic (exact) mass is 409 g/mol. The van der Waals surface area contributed by atoms with Crippen molar-refractivity contribution in [1.82, 2.24) is 19.5 Å². The maximum absolute atomic E-state index is 11.6. The topological polar surface area (TPSA) is 80.1 Å². The van der Waals surface area contributed by atoms with Gasteiger partial charge in [-0.2, -0.15) is 0 Å². The number of thioether (sulfide) groups is 1. The smallest absolute Gasteiger partial charge is 0.232 e. The summed E-state index contributed by atoms with van der Waals surface area (Å²) < 4.78 is 27.6. The fourth-order valence-corrected chi connectivity index (χ4v) is 4.89. The first-order valence-electron chi connectivity index (χ1n) is 9.31. The molecule has 1 fully saturated rings. The molecular formula is C18H27N5O2S2. The molecule has 27 heavy (non-hydrogen) atoms. The summed E-state index contributed by atoms with van der Waals surface area (Å²) in [7, 11) is -1.72. The number of nitrogens with one attached hydrogen (secondary N) is 1. The van der Waals surface area contributed by atoms with E-state index in [1.54, 1.807) is 11.8 Å². The number of hydrogen-bond acceptors (Lipinski definition) is 6. The molecule has 0 radical (unpaired) electrons. The van der Waals surface area contributed by atoms with E-state index in [1.165, 1.54) is 31.9 Å².